The Labute approximate surface area is 142 Å². The van der Waals surface area contributed by atoms with Gasteiger partial charge in [0.2, 0.25) is 0 Å². The molecule has 24 heavy (non-hydrogen) atoms. The van der Waals surface area contributed by atoms with Crippen LogP contribution in [0.4, 0.5) is 5.13 Å². The third kappa shape index (κ3) is 3.69. The highest BCUT2D eigenvalue weighted by Gasteiger charge is 2.12. The van der Waals surface area contributed by atoms with Crippen molar-refractivity contribution in [2.45, 2.75) is 0 Å². The van der Waals surface area contributed by atoms with E-state index in [1.807, 2.05) is 12.1 Å². The Balaban J connectivity index is 1.59. The number of nitrogens with one attached hydrogen (secondary N) is 1. The summed E-state index contributed by atoms with van der Waals surface area (Å²) in [4.78, 5) is 28.0. The second kappa shape index (κ2) is 7.10. The zero-order valence-electron chi connectivity index (χ0n) is 12.8. The minimum Gasteiger partial charge on any atom is -0.497 e. The maximum absolute atomic E-state index is 11.9. The van der Waals surface area contributed by atoms with Crippen molar-refractivity contribution < 1.29 is 19.1 Å². The Bertz CT molecular complexity index is 877. The molecule has 0 radical (unpaired) electrons. The molecule has 0 saturated heterocycles. The molecule has 122 valence electrons. The zero-order valence-corrected chi connectivity index (χ0v) is 13.6. The lowest BCUT2D eigenvalue weighted by Crippen LogP contribution is -2.20. The van der Waals surface area contributed by atoms with Crippen LogP contribution in [0.1, 0.15) is 10.4 Å². The van der Waals surface area contributed by atoms with Crippen molar-refractivity contribution in [1.82, 2.24) is 4.98 Å². The maximum atomic E-state index is 11.9. The van der Waals surface area contributed by atoms with Gasteiger partial charge < -0.3 is 9.47 Å². The minimum absolute atomic E-state index is 0.368. The maximum Gasteiger partial charge on any atom is 0.338 e. The van der Waals surface area contributed by atoms with E-state index < -0.39 is 11.9 Å². The normalized spacial score (nSPS) is 10.4. The fourth-order valence-electron chi connectivity index (χ4n) is 2.03. The third-order valence-corrected chi connectivity index (χ3v) is 4.12. The average Bonchev–Trinajstić information content (AvgIpc) is 3.01. The SMILES string of the molecule is COc1ccc2nc(NC(=O)COC(=O)c3ccccc3)sc2c1. The number of fused-ring (bicyclic) bond motifs is 1. The fourth-order valence-corrected chi connectivity index (χ4v) is 2.94. The van der Waals surface area contributed by atoms with Crippen LogP contribution in [0.25, 0.3) is 10.2 Å². The molecule has 0 saturated carbocycles. The molecule has 0 unspecified atom stereocenters. The van der Waals surface area contributed by atoms with Crippen LogP contribution < -0.4 is 10.1 Å². The summed E-state index contributed by atoms with van der Waals surface area (Å²) in [5, 5.41) is 3.07. The number of benzene rings is 2. The molecule has 0 bridgehead atoms. The lowest BCUT2D eigenvalue weighted by molar-refractivity contribution is -0.119. The monoisotopic (exact) mass is 342 g/mol. The van der Waals surface area contributed by atoms with Crippen molar-refractivity contribution in [3.05, 3.63) is 54.1 Å². The van der Waals surface area contributed by atoms with Crippen molar-refractivity contribution in [3.63, 3.8) is 0 Å². The number of nitrogens with zero attached hydrogens (tertiary/aromatic N) is 1. The van der Waals surface area contributed by atoms with Gasteiger partial charge in [0, 0.05) is 0 Å². The van der Waals surface area contributed by atoms with Gasteiger partial charge in [-0.2, -0.15) is 0 Å². The molecular formula is C17H14N2O4S. The van der Waals surface area contributed by atoms with E-state index in [0.717, 1.165) is 16.0 Å². The number of hydrogen-bond donors (Lipinski definition) is 1. The molecule has 0 aliphatic carbocycles. The van der Waals surface area contributed by atoms with Crippen molar-refractivity contribution in [3.8, 4) is 5.75 Å². The number of thiazole rings is 1. The number of aromatic nitrogens is 1. The van der Waals surface area contributed by atoms with Gasteiger partial charge in [0.05, 0.1) is 22.9 Å². The number of hydrogen-bond acceptors (Lipinski definition) is 6. The average molecular weight is 342 g/mol. The topological polar surface area (TPSA) is 77.5 Å². The van der Waals surface area contributed by atoms with Gasteiger partial charge in [-0.1, -0.05) is 29.5 Å². The Morgan fingerprint density at radius 2 is 1.96 bits per heavy atom. The van der Waals surface area contributed by atoms with Crippen LogP contribution in [0.5, 0.6) is 5.75 Å². The molecule has 2 aromatic carbocycles. The Morgan fingerprint density at radius 1 is 1.17 bits per heavy atom. The summed E-state index contributed by atoms with van der Waals surface area (Å²) in [5.41, 5.74) is 1.16. The Morgan fingerprint density at radius 3 is 2.71 bits per heavy atom. The lowest BCUT2D eigenvalue weighted by Gasteiger charge is -2.04. The number of amides is 1. The summed E-state index contributed by atoms with van der Waals surface area (Å²) in [6.07, 6.45) is 0. The fraction of sp³-hybridized carbons (Fsp3) is 0.118. The molecule has 1 heterocycles. The smallest absolute Gasteiger partial charge is 0.338 e. The summed E-state index contributed by atoms with van der Waals surface area (Å²) in [6.45, 7) is -0.368. The highest BCUT2D eigenvalue weighted by atomic mass is 32.1. The van der Waals surface area contributed by atoms with Crippen LogP contribution in [0.3, 0.4) is 0 Å². The van der Waals surface area contributed by atoms with Gasteiger partial charge in [-0.25, -0.2) is 9.78 Å². The number of methoxy groups -OCH3 is 1. The van der Waals surface area contributed by atoms with Crippen LogP contribution in [0, 0.1) is 0 Å². The first-order valence-corrected chi connectivity index (χ1v) is 7.94. The molecule has 0 fully saturated rings. The van der Waals surface area contributed by atoms with E-state index in [9.17, 15) is 9.59 Å². The molecule has 3 aromatic rings. The second-order valence-corrected chi connectivity index (χ2v) is 5.87. The van der Waals surface area contributed by atoms with Crippen LogP contribution in [0.2, 0.25) is 0 Å². The largest absolute Gasteiger partial charge is 0.497 e. The molecule has 0 aliphatic rings. The third-order valence-electron chi connectivity index (χ3n) is 3.19. The Hall–Kier alpha value is -2.93. The second-order valence-electron chi connectivity index (χ2n) is 4.84. The molecule has 0 atom stereocenters. The molecule has 6 nitrogen and oxygen atoms in total. The first-order chi connectivity index (χ1) is 11.7. The van der Waals surface area contributed by atoms with E-state index in [-0.39, 0.29) is 6.61 Å². The number of rotatable bonds is 5. The van der Waals surface area contributed by atoms with Crippen LogP contribution in [-0.2, 0) is 9.53 Å². The van der Waals surface area contributed by atoms with E-state index in [4.69, 9.17) is 9.47 Å². The van der Waals surface area contributed by atoms with E-state index in [2.05, 4.69) is 10.3 Å². The predicted octanol–water partition coefficient (Wildman–Crippen LogP) is 3.10. The van der Waals surface area contributed by atoms with Crippen molar-refractivity contribution in [1.29, 1.82) is 0 Å². The lowest BCUT2D eigenvalue weighted by atomic mass is 10.2. The van der Waals surface area contributed by atoms with Crippen molar-refractivity contribution in [2.75, 3.05) is 19.0 Å². The summed E-state index contributed by atoms with van der Waals surface area (Å²) >= 11 is 1.32. The number of anilines is 1. The molecule has 1 N–H and O–H groups in total. The molecular weight excluding hydrogens is 328 g/mol. The van der Waals surface area contributed by atoms with E-state index in [0.29, 0.717) is 10.7 Å². The summed E-state index contributed by atoms with van der Waals surface area (Å²) in [7, 11) is 1.59. The molecule has 0 spiro atoms. The first-order valence-electron chi connectivity index (χ1n) is 7.12. The van der Waals surface area contributed by atoms with Crippen LogP contribution in [-0.4, -0.2) is 30.6 Å². The minimum atomic E-state index is -0.542. The van der Waals surface area contributed by atoms with Crippen molar-refractivity contribution in [2.24, 2.45) is 0 Å². The highest BCUT2D eigenvalue weighted by molar-refractivity contribution is 7.22. The molecule has 0 aliphatic heterocycles. The van der Waals surface area contributed by atoms with E-state index in [1.165, 1.54) is 11.3 Å². The number of carbonyl (C=O) groups excluding carboxylic acids is 2. The molecule has 7 heteroatoms. The van der Waals surface area contributed by atoms with Gasteiger partial charge in [0.15, 0.2) is 11.7 Å². The zero-order chi connectivity index (χ0) is 16.9. The van der Waals surface area contributed by atoms with E-state index >= 15 is 0 Å². The van der Waals surface area contributed by atoms with Crippen molar-refractivity contribution >= 4 is 38.6 Å². The molecule has 1 aromatic heterocycles. The predicted molar refractivity (Wildman–Crippen MR) is 91.5 cm³/mol. The van der Waals surface area contributed by atoms with Gasteiger partial charge in [-0.3, -0.25) is 10.1 Å². The quantitative estimate of drug-likeness (QED) is 0.721. The summed E-state index contributed by atoms with van der Waals surface area (Å²) in [6, 6.07) is 14.0. The van der Waals surface area contributed by atoms with Gasteiger partial charge in [-0.05, 0) is 30.3 Å². The van der Waals surface area contributed by atoms with Crippen LogP contribution in [0.15, 0.2) is 48.5 Å². The van der Waals surface area contributed by atoms with E-state index in [1.54, 1.807) is 43.5 Å². The highest BCUT2D eigenvalue weighted by Crippen LogP contribution is 2.29. The summed E-state index contributed by atoms with van der Waals surface area (Å²) < 4.78 is 11.0. The number of esters is 1. The van der Waals surface area contributed by atoms with Gasteiger partial charge in [-0.15, -0.1) is 0 Å². The standard InChI is InChI=1S/C17H14N2O4S/c1-22-12-7-8-13-14(9-12)24-17(18-13)19-15(20)10-23-16(21)11-5-3-2-4-6-11/h2-9H,10H2,1H3,(H,18,19,20). The number of carbonyl (C=O) groups is 2. The Kier molecular flexibility index (Phi) is 4.72. The van der Waals surface area contributed by atoms with Gasteiger partial charge in [0.25, 0.3) is 5.91 Å². The van der Waals surface area contributed by atoms with Gasteiger partial charge >= 0.3 is 5.97 Å². The molecule has 1 amide bonds. The van der Waals surface area contributed by atoms with Crippen LogP contribution >= 0.6 is 11.3 Å². The van der Waals surface area contributed by atoms with Gasteiger partial charge in [0.1, 0.15) is 5.75 Å². The summed E-state index contributed by atoms with van der Waals surface area (Å²) in [5.74, 6) is -0.258. The first kappa shape index (κ1) is 15.9. The molecule has 3 rings (SSSR count). The number of ether oxygens (including phenoxy) is 2.